The minimum Gasteiger partial charge on any atom is -0.316 e. The topological polar surface area (TPSA) is 12.0 Å². The maximum absolute atomic E-state index is 3.43. The van der Waals surface area contributed by atoms with E-state index < -0.39 is 0 Å². The van der Waals surface area contributed by atoms with Gasteiger partial charge in [0.05, 0.1) is 0 Å². The fourth-order valence-electron chi connectivity index (χ4n) is 1.91. The van der Waals surface area contributed by atoms with Crippen LogP contribution in [0.15, 0.2) is 0 Å². The third-order valence-electron chi connectivity index (χ3n) is 2.92. The molecule has 1 N–H and O–H groups in total. The van der Waals surface area contributed by atoms with E-state index in [1.165, 1.54) is 25.7 Å². The summed E-state index contributed by atoms with van der Waals surface area (Å²) in [7, 11) is 2.08. The zero-order valence-corrected chi connectivity index (χ0v) is 11.0. The molecule has 0 bridgehead atoms. The van der Waals surface area contributed by atoms with Gasteiger partial charge in [-0.2, -0.15) is 0 Å². The molecule has 0 radical (unpaired) electrons. The molecule has 0 saturated heterocycles. The molecular formula is C13H29N. The van der Waals surface area contributed by atoms with E-state index in [4.69, 9.17) is 0 Å². The average molecular weight is 199 g/mol. The van der Waals surface area contributed by atoms with Crippen LogP contribution < -0.4 is 5.32 Å². The Hall–Kier alpha value is -0.0400. The first kappa shape index (κ1) is 14.0. The summed E-state index contributed by atoms with van der Waals surface area (Å²) in [5.74, 6) is 0.859. The van der Waals surface area contributed by atoms with Crippen molar-refractivity contribution in [2.24, 2.45) is 11.3 Å². The Labute approximate surface area is 90.7 Å². The zero-order valence-electron chi connectivity index (χ0n) is 11.0. The van der Waals surface area contributed by atoms with Crippen molar-refractivity contribution in [3.63, 3.8) is 0 Å². The number of unbranched alkanes of at least 4 members (excludes halogenated alkanes) is 1. The predicted molar refractivity (Wildman–Crippen MR) is 65.6 cm³/mol. The highest BCUT2D eigenvalue weighted by Crippen LogP contribution is 2.23. The first-order chi connectivity index (χ1) is 6.38. The standard InChI is InChI=1S/C13H29N/c1-11(2)9-7-8-10-12(14-6)13(3,4)5/h11-12,14H,7-10H2,1-6H3. The molecule has 1 heteroatoms. The van der Waals surface area contributed by atoms with Crippen LogP contribution in [0.2, 0.25) is 0 Å². The van der Waals surface area contributed by atoms with Crippen molar-refractivity contribution in [2.45, 2.75) is 66.3 Å². The molecule has 0 aromatic carbocycles. The molecule has 0 aliphatic rings. The van der Waals surface area contributed by atoms with Crippen molar-refractivity contribution >= 4 is 0 Å². The fourth-order valence-corrected chi connectivity index (χ4v) is 1.91. The highest BCUT2D eigenvalue weighted by atomic mass is 14.9. The van der Waals surface area contributed by atoms with Crippen molar-refractivity contribution in [1.82, 2.24) is 5.32 Å². The van der Waals surface area contributed by atoms with E-state index in [1.54, 1.807) is 0 Å². The molecular weight excluding hydrogens is 170 g/mol. The maximum Gasteiger partial charge on any atom is 0.0113 e. The minimum atomic E-state index is 0.395. The lowest BCUT2D eigenvalue weighted by Crippen LogP contribution is -2.37. The van der Waals surface area contributed by atoms with Crippen LogP contribution in [0.3, 0.4) is 0 Å². The average Bonchev–Trinajstić information content (AvgIpc) is 2.01. The molecule has 0 spiro atoms. The third kappa shape index (κ3) is 6.42. The first-order valence-corrected chi connectivity index (χ1v) is 6.05. The number of hydrogen-bond donors (Lipinski definition) is 1. The van der Waals surface area contributed by atoms with Gasteiger partial charge in [-0.1, -0.05) is 53.9 Å². The van der Waals surface area contributed by atoms with Crippen LogP contribution in [0, 0.1) is 11.3 Å². The summed E-state index contributed by atoms with van der Waals surface area (Å²) in [5.41, 5.74) is 0.395. The quantitative estimate of drug-likeness (QED) is 0.641. The first-order valence-electron chi connectivity index (χ1n) is 6.05. The van der Waals surface area contributed by atoms with Gasteiger partial charge >= 0.3 is 0 Å². The molecule has 1 atom stereocenters. The van der Waals surface area contributed by atoms with Crippen LogP contribution in [0.25, 0.3) is 0 Å². The lowest BCUT2D eigenvalue weighted by molar-refractivity contribution is 0.260. The minimum absolute atomic E-state index is 0.395. The van der Waals surface area contributed by atoms with Crippen LogP contribution in [-0.2, 0) is 0 Å². The van der Waals surface area contributed by atoms with Gasteiger partial charge in [0, 0.05) is 6.04 Å². The molecule has 0 aliphatic heterocycles. The van der Waals surface area contributed by atoms with Gasteiger partial charge < -0.3 is 5.32 Å². The number of nitrogens with one attached hydrogen (secondary N) is 1. The molecule has 1 unspecified atom stereocenters. The fraction of sp³-hybridized carbons (Fsp3) is 1.00. The van der Waals surface area contributed by atoms with E-state index >= 15 is 0 Å². The summed E-state index contributed by atoms with van der Waals surface area (Å²) >= 11 is 0. The second kappa shape index (κ2) is 6.44. The monoisotopic (exact) mass is 199 g/mol. The summed E-state index contributed by atoms with van der Waals surface area (Å²) in [6, 6.07) is 0.662. The Balaban J connectivity index is 3.64. The maximum atomic E-state index is 3.43. The third-order valence-corrected chi connectivity index (χ3v) is 2.92. The number of rotatable bonds is 6. The molecule has 0 aliphatic carbocycles. The van der Waals surface area contributed by atoms with E-state index in [9.17, 15) is 0 Å². The molecule has 0 rings (SSSR count). The van der Waals surface area contributed by atoms with Gasteiger partial charge in [0.1, 0.15) is 0 Å². The molecule has 1 nitrogen and oxygen atoms in total. The molecule has 0 fully saturated rings. The Morgan fingerprint density at radius 3 is 1.86 bits per heavy atom. The van der Waals surface area contributed by atoms with Crippen molar-refractivity contribution in [3.05, 3.63) is 0 Å². The summed E-state index contributed by atoms with van der Waals surface area (Å²) in [4.78, 5) is 0. The highest BCUT2D eigenvalue weighted by molar-refractivity contribution is 4.78. The molecule has 86 valence electrons. The summed E-state index contributed by atoms with van der Waals surface area (Å²) in [5, 5.41) is 3.43. The number of hydrogen-bond acceptors (Lipinski definition) is 1. The van der Waals surface area contributed by atoms with Gasteiger partial charge in [-0.05, 0) is 24.8 Å². The van der Waals surface area contributed by atoms with Gasteiger partial charge in [-0.3, -0.25) is 0 Å². The normalized spacial score (nSPS) is 14.8. The summed E-state index contributed by atoms with van der Waals surface area (Å²) in [6.45, 7) is 11.6. The Bertz CT molecular complexity index is 133. The van der Waals surface area contributed by atoms with E-state index in [1.807, 2.05) is 0 Å². The van der Waals surface area contributed by atoms with E-state index in [2.05, 4.69) is 47.0 Å². The Kier molecular flexibility index (Phi) is 6.43. The van der Waals surface area contributed by atoms with Crippen LogP contribution in [0.1, 0.15) is 60.3 Å². The molecule has 0 heterocycles. The Morgan fingerprint density at radius 2 is 1.50 bits per heavy atom. The van der Waals surface area contributed by atoms with Gasteiger partial charge in [-0.15, -0.1) is 0 Å². The van der Waals surface area contributed by atoms with Crippen molar-refractivity contribution in [2.75, 3.05) is 7.05 Å². The predicted octanol–water partition coefficient (Wildman–Crippen LogP) is 3.84. The van der Waals surface area contributed by atoms with Crippen molar-refractivity contribution in [3.8, 4) is 0 Å². The van der Waals surface area contributed by atoms with Crippen molar-refractivity contribution < 1.29 is 0 Å². The lowest BCUT2D eigenvalue weighted by Gasteiger charge is -2.30. The second-order valence-corrected chi connectivity index (χ2v) is 5.89. The van der Waals surface area contributed by atoms with Crippen LogP contribution >= 0.6 is 0 Å². The van der Waals surface area contributed by atoms with Crippen LogP contribution in [-0.4, -0.2) is 13.1 Å². The smallest absolute Gasteiger partial charge is 0.0113 e. The molecule has 14 heavy (non-hydrogen) atoms. The van der Waals surface area contributed by atoms with E-state index in [0.29, 0.717) is 11.5 Å². The summed E-state index contributed by atoms with van der Waals surface area (Å²) in [6.07, 6.45) is 5.43. The van der Waals surface area contributed by atoms with Crippen molar-refractivity contribution in [1.29, 1.82) is 0 Å². The SMILES string of the molecule is CNC(CCCCC(C)C)C(C)(C)C. The zero-order chi connectivity index (χ0) is 11.2. The highest BCUT2D eigenvalue weighted by Gasteiger charge is 2.21. The molecule has 0 saturated carbocycles. The summed E-state index contributed by atoms with van der Waals surface area (Å²) < 4.78 is 0. The van der Waals surface area contributed by atoms with Crippen LogP contribution in [0.4, 0.5) is 0 Å². The van der Waals surface area contributed by atoms with Gasteiger partial charge in [0.25, 0.3) is 0 Å². The van der Waals surface area contributed by atoms with Crippen LogP contribution in [0.5, 0.6) is 0 Å². The molecule has 0 aromatic rings. The molecule has 0 amide bonds. The van der Waals surface area contributed by atoms with Gasteiger partial charge in [0.2, 0.25) is 0 Å². The van der Waals surface area contributed by atoms with Gasteiger partial charge in [-0.25, -0.2) is 0 Å². The largest absolute Gasteiger partial charge is 0.316 e. The molecule has 0 aromatic heterocycles. The van der Waals surface area contributed by atoms with E-state index in [0.717, 1.165) is 5.92 Å². The second-order valence-electron chi connectivity index (χ2n) is 5.89. The Morgan fingerprint density at radius 1 is 1.00 bits per heavy atom. The lowest BCUT2D eigenvalue weighted by atomic mass is 9.83. The van der Waals surface area contributed by atoms with Gasteiger partial charge in [0.15, 0.2) is 0 Å². The van der Waals surface area contributed by atoms with E-state index in [-0.39, 0.29) is 0 Å².